The summed E-state index contributed by atoms with van der Waals surface area (Å²) in [5.74, 6) is 0.153. The van der Waals surface area contributed by atoms with Crippen LogP contribution in [-0.2, 0) is 4.79 Å². The van der Waals surface area contributed by atoms with Crippen LogP contribution < -0.4 is 0 Å². The van der Waals surface area contributed by atoms with E-state index in [2.05, 4.69) is 0 Å². The van der Waals surface area contributed by atoms with Crippen molar-refractivity contribution >= 4 is 5.91 Å². The first-order chi connectivity index (χ1) is 5.20. The first-order valence-corrected chi connectivity index (χ1v) is 3.95. The van der Waals surface area contributed by atoms with Crippen molar-refractivity contribution < 1.29 is 4.79 Å². The third kappa shape index (κ3) is 2.50. The van der Waals surface area contributed by atoms with E-state index in [1.807, 2.05) is 4.90 Å². The number of rotatable bonds is 0. The molecular formula is C8H14N2O. The Morgan fingerprint density at radius 2 is 2.00 bits per heavy atom. The minimum atomic E-state index is 0.153. The van der Waals surface area contributed by atoms with E-state index in [0.29, 0.717) is 0 Å². The van der Waals surface area contributed by atoms with Crippen molar-refractivity contribution in [3.8, 4) is 0 Å². The largest absolute Gasteiger partial charge is 0.342 e. The number of carbonyl (C=O) groups is 1. The van der Waals surface area contributed by atoms with Crippen molar-refractivity contribution in [1.82, 2.24) is 9.80 Å². The Labute approximate surface area is 68.0 Å². The van der Waals surface area contributed by atoms with Gasteiger partial charge in [0.15, 0.2) is 0 Å². The summed E-state index contributed by atoms with van der Waals surface area (Å²) in [5, 5.41) is 0. The van der Waals surface area contributed by atoms with Crippen LogP contribution in [0.4, 0.5) is 0 Å². The molecule has 1 aliphatic rings. The zero-order valence-electron chi connectivity index (χ0n) is 6.92. The zero-order valence-corrected chi connectivity index (χ0v) is 6.92. The van der Waals surface area contributed by atoms with Crippen molar-refractivity contribution in [1.29, 1.82) is 0 Å². The summed E-state index contributed by atoms with van der Waals surface area (Å²) in [6.07, 6.45) is 0.982. The second-order valence-corrected chi connectivity index (χ2v) is 2.90. The lowest BCUT2D eigenvalue weighted by atomic mass is 10.4. The van der Waals surface area contributed by atoms with Gasteiger partial charge in [-0.05, 0) is 6.42 Å². The van der Waals surface area contributed by atoms with E-state index in [1.165, 1.54) is 0 Å². The fourth-order valence-corrected chi connectivity index (χ4v) is 1.25. The van der Waals surface area contributed by atoms with Crippen molar-refractivity contribution in [3.63, 3.8) is 0 Å². The molecule has 0 aromatic heterocycles. The van der Waals surface area contributed by atoms with Crippen molar-refractivity contribution in [2.45, 2.75) is 13.3 Å². The Bertz CT molecular complexity index is 147. The molecule has 0 aromatic carbocycles. The SMILES string of the molecule is [CH]N1CCCN(C(C)=O)CC1. The third-order valence-electron chi connectivity index (χ3n) is 1.98. The maximum Gasteiger partial charge on any atom is 0.219 e. The normalized spacial score (nSPS) is 21.5. The maximum absolute atomic E-state index is 10.9. The molecule has 3 heteroatoms. The van der Waals surface area contributed by atoms with E-state index in [4.69, 9.17) is 7.05 Å². The van der Waals surface area contributed by atoms with Gasteiger partial charge in [-0.15, -0.1) is 0 Å². The predicted octanol–water partition coefficient (Wildman–Crippen LogP) is 0.209. The summed E-state index contributed by atoms with van der Waals surface area (Å²) < 4.78 is 0. The van der Waals surface area contributed by atoms with Crippen LogP contribution in [-0.4, -0.2) is 41.9 Å². The zero-order chi connectivity index (χ0) is 8.27. The van der Waals surface area contributed by atoms with Gasteiger partial charge in [-0.1, -0.05) is 0 Å². The number of amides is 1. The fourth-order valence-electron chi connectivity index (χ4n) is 1.25. The standard InChI is InChI=1S/C8H14N2O/c1-8(11)10-5-3-4-9(2)6-7-10/h2H,3-7H2,1H3. The molecule has 0 N–H and O–H groups in total. The Hall–Kier alpha value is -0.570. The molecule has 1 fully saturated rings. The van der Waals surface area contributed by atoms with Crippen LogP contribution in [0.25, 0.3) is 0 Å². The Balaban J connectivity index is 2.40. The van der Waals surface area contributed by atoms with Gasteiger partial charge in [0.2, 0.25) is 5.91 Å². The summed E-state index contributed by atoms with van der Waals surface area (Å²) in [4.78, 5) is 14.5. The maximum atomic E-state index is 10.9. The van der Waals surface area contributed by atoms with Gasteiger partial charge in [0.05, 0.1) is 0 Å². The van der Waals surface area contributed by atoms with Crippen molar-refractivity contribution in [3.05, 3.63) is 7.05 Å². The molecule has 0 unspecified atom stereocenters. The lowest BCUT2D eigenvalue weighted by Crippen LogP contribution is -2.32. The van der Waals surface area contributed by atoms with Crippen LogP contribution in [0.1, 0.15) is 13.3 Å². The molecule has 0 aliphatic carbocycles. The van der Waals surface area contributed by atoms with Crippen LogP contribution in [0.2, 0.25) is 0 Å². The minimum Gasteiger partial charge on any atom is -0.342 e. The molecule has 0 aromatic rings. The lowest BCUT2D eigenvalue weighted by Gasteiger charge is -2.17. The molecule has 1 aliphatic heterocycles. The van der Waals surface area contributed by atoms with Crippen LogP contribution in [0.15, 0.2) is 0 Å². The van der Waals surface area contributed by atoms with E-state index < -0.39 is 0 Å². The highest BCUT2D eigenvalue weighted by Crippen LogP contribution is 2.01. The molecule has 62 valence electrons. The van der Waals surface area contributed by atoms with E-state index in [-0.39, 0.29) is 5.91 Å². The first kappa shape index (κ1) is 8.53. The van der Waals surface area contributed by atoms with Gasteiger partial charge >= 0.3 is 0 Å². The highest BCUT2D eigenvalue weighted by Gasteiger charge is 2.13. The monoisotopic (exact) mass is 154 g/mol. The average molecular weight is 154 g/mol. The highest BCUT2D eigenvalue weighted by atomic mass is 16.2. The second kappa shape index (κ2) is 3.72. The number of carbonyl (C=O) groups excluding carboxylic acids is 1. The fraction of sp³-hybridized carbons (Fsp3) is 0.750. The first-order valence-electron chi connectivity index (χ1n) is 3.95. The summed E-state index contributed by atoms with van der Waals surface area (Å²) in [7, 11) is 5.59. The smallest absolute Gasteiger partial charge is 0.219 e. The second-order valence-electron chi connectivity index (χ2n) is 2.90. The van der Waals surface area contributed by atoms with E-state index >= 15 is 0 Å². The molecule has 0 saturated carbocycles. The van der Waals surface area contributed by atoms with Gasteiger partial charge in [0, 0.05) is 40.2 Å². The molecule has 0 bridgehead atoms. The molecule has 1 amide bonds. The van der Waals surface area contributed by atoms with E-state index in [1.54, 1.807) is 11.8 Å². The van der Waals surface area contributed by atoms with Gasteiger partial charge in [-0.2, -0.15) is 0 Å². The summed E-state index contributed by atoms with van der Waals surface area (Å²) in [5.41, 5.74) is 0. The molecule has 2 radical (unpaired) electrons. The third-order valence-corrected chi connectivity index (χ3v) is 1.98. The van der Waals surface area contributed by atoms with Gasteiger partial charge in [0.1, 0.15) is 0 Å². The van der Waals surface area contributed by atoms with Gasteiger partial charge < -0.3 is 4.90 Å². The van der Waals surface area contributed by atoms with Crippen LogP contribution in [0, 0.1) is 7.05 Å². The summed E-state index contributed by atoms with van der Waals surface area (Å²) in [6.45, 7) is 4.91. The molecule has 0 spiro atoms. The van der Waals surface area contributed by atoms with Crippen LogP contribution in [0.3, 0.4) is 0 Å². The molecule has 0 atom stereocenters. The number of nitrogens with zero attached hydrogens (tertiary/aromatic N) is 2. The molecule has 1 saturated heterocycles. The topological polar surface area (TPSA) is 23.6 Å². The predicted molar refractivity (Wildman–Crippen MR) is 42.7 cm³/mol. The molecule has 3 nitrogen and oxygen atoms in total. The number of hydrogen-bond acceptors (Lipinski definition) is 2. The summed E-state index contributed by atoms with van der Waals surface area (Å²) >= 11 is 0. The van der Waals surface area contributed by atoms with Gasteiger partial charge in [-0.25, -0.2) is 0 Å². The van der Waals surface area contributed by atoms with Crippen molar-refractivity contribution in [2.75, 3.05) is 26.2 Å². The highest BCUT2D eigenvalue weighted by molar-refractivity contribution is 5.73. The van der Waals surface area contributed by atoms with E-state index in [0.717, 1.165) is 32.6 Å². The lowest BCUT2D eigenvalue weighted by molar-refractivity contribution is -0.128. The molecule has 11 heavy (non-hydrogen) atoms. The number of hydrogen-bond donors (Lipinski definition) is 0. The average Bonchev–Trinajstić information content (AvgIpc) is 2.13. The van der Waals surface area contributed by atoms with Crippen molar-refractivity contribution in [2.24, 2.45) is 0 Å². The Morgan fingerprint density at radius 3 is 2.64 bits per heavy atom. The van der Waals surface area contributed by atoms with Gasteiger partial charge in [-0.3, -0.25) is 9.69 Å². The minimum absolute atomic E-state index is 0.153. The summed E-state index contributed by atoms with van der Waals surface area (Å²) in [6, 6.07) is 0. The quantitative estimate of drug-likeness (QED) is 0.498. The van der Waals surface area contributed by atoms with Crippen LogP contribution in [0.5, 0.6) is 0 Å². The molecule has 1 heterocycles. The van der Waals surface area contributed by atoms with Gasteiger partial charge in [0.25, 0.3) is 0 Å². The molecular weight excluding hydrogens is 140 g/mol. The Kier molecular flexibility index (Phi) is 2.88. The van der Waals surface area contributed by atoms with E-state index in [9.17, 15) is 4.79 Å². The molecule has 1 rings (SSSR count). The Morgan fingerprint density at radius 1 is 1.27 bits per heavy atom. The van der Waals surface area contributed by atoms with Crippen LogP contribution >= 0.6 is 0 Å².